The minimum absolute atomic E-state index is 0.264. The van der Waals surface area contributed by atoms with Crippen LogP contribution in [0.25, 0.3) is 0 Å². The number of amides is 1. The SMILES string of the molecule is O=C(NCCCBr)c1cc(C(F)(F)F)ccc1F. The molecule has 0 atom stereocenters. The van der Waals surface area contributed by atoms with Crippen molar-refractivity contribution in [3.63, 3.8) is 0 Å². The van der Waals surface area contributed by atoms with Gasteiger partial charge in [0.1, 0.15) is 5.82 Å². The van der Waals surface area contributed by atoms with Gasteiger partial charge in [0.05, 0.1) is 11.1 Å². The first-order valence-corrected chi connectivity index (χ1v) is 6.19. The summed E-state index contributed by atoms with van der Waals surface area (Å²) >= 11 is 3.13. The highest BCUT2D eigenvalue weighted by molar-refractivity contribution is 9.09. The first kappa shape index (κ1) is 14.9. The lowest BCUT2D eigenvalue weighted by Gasteiger charge is -2.10. The van der Waals surface area contributed by atoms with Crippen molar-refractivity contribution in [2.75, 3.05) is 11.9 Å². The predicted molar refractivity (Wildman–Crippen MR) is 62.1 cm³/mol. The maximum Gasteiger partial charge on any atom is 0.416 e. The number of nitrogens with one attached hydrogen (secondary N) is 1. The molecule has 0 saturated carbocycles. The van der Waals surface area contributed by atoms with Crippen LogP contribution in [0.2, 0.25) is 0 Å². The molecule has 0 heterocycles. The molecule has 0 aliphatic heterocycles. The van der Waals surface area contributed by atoms with Crippen molar-refractivity contribution < 1.29 is 22.4 Å². The molecule has 0 bridgehead atoms. The number of carbonyl (C=O) groups is 1. The summed E-state index contributed by atoms with van der Waals surface area (Å²) in [7, 11) is 0. The molecule has 1 N–H and O–H groups in total. The van der Waals surface area contributed by atoms with Crippen LogP contribution >= 0.6 is 15.9 Å². The third kappa shape index (κ3) is 3.97. The van der Waals surface area contributed by atoms with Gasteiger partial charge in [0.25, 0.3) is 5.91 Å². The molecule has 7 heteroatoms. The number of carbonyl (C=O) groups excluding carboxylic acids is 1. The van der Waals surface area contributed by atoms with Crippen molar-refractivity contribution >= 4 is 21.8 Å². The summed E-state index contributed by atoms with van der Waals surface area (Å²) in [6, 6.07) is 1.76. The first-order valence-electron chi connectivity index (χ1n) is 5.07. The van der Waals surface area contributed by atoms with E-state index in [1.807, 2.05) is 0 Å². The molecule has 1 rings (SSSR count). The van der Waals surface area contributed by atoms with E-state index in [0.717, 1.165) is 0 Å². The van der Waals surface area contributed by atoms with Crippen LogP contribution in [0.3, 0.4) is 0 Å². The van der Waals surface area contributed by atoms with Crippen LogP contribution in [0.15, 0.2) is 18.2 Å². The van der Waals surface area contributed by atoms with Gasteiger partial charge in [-0.05, 0) is 24.6 Å². The number of halogens is 5. The average Bonchev–Trinajstić information content (AvgIpc) is 2.28. The molecule has 0 aliphatic rings. The van der Waals surface area contributed by atoms with Crippen LogP contribution in [0.5, 0.6) is 0 Å². The Hall–Kier alpha value is -1.11. The molecule has 0 radical (unpaired) electrons. The number of hydrogen-bond acceptors (Lipinski definition) is 1. The van der Waals surface area contributed by atoms with Gasteiger partial charge in [-0.2, -0.15) is 13.2 Å². The summed E-state index contributed by atoms with van der Waals surface area (Å²) < 4.78 is 50.5. The lowest BCUT2D eigenvalue weighted by atomic mass is 10.1. The summed E-state index contributed by atoms with van der Waals surface area (Å²) in [5.74, 6) is -1.82. The molecule has 100 valence electrons. The average molecular weight is 328 g/mol. The lowest BCUT2D eigenvalue weighted by molar-refractivity contribution is -0.137. The summed E-state index contributed by atoms with van der Waals surface area (Å²) in [5, 5.41) is 2.98. The highest BCUT2D eigenvalue weighted by Crippen LogP contribution is 2.30. The van der Waals surface area contributed by atoms with Crippen LogP contribution in [0.4, 0.5) is 17.6 Å². The third-order valence-corrected chi connectivity index (χ3v) is 2.70. The van der Waals surface area contributed by atoms with E-state index >= 15 is 0 Å². The molecule has 0 fully saturated rings. The van der Waals surface area contributed by atoms with E-state index in [1.165, 1.54) is 0 Å². The van der Waals surface area contributed by atoms with Crippen LogP contribution in [-0.4, -0.2) is 17.8 Å². The van der Waals surface area contributed by atoms with Crippen molar-refractivity contribution in [3.8, 4) is 0 Å². The normalized spacial score (nSPS) is 11.4. The predicted octanol–water partition coefficient (Wildman–Crippen LogP) is 3.36. The Balaban J connectivity index is 2.90. The van der Waals surface area contributed by atoms with Gasteiger partial charge in [0.2, 0.25) is 0 Å². The largest absolute Gasteiger partial charge is 0.416 e. The van der Waals surface area contributed by atoms with Crippen molar-refractivity contribution in [3.05, 3.63) is 35.1 Å². The van der Waals surface area contributed by atoms with Gasteiger partial charge in [-0.1, -0.05) is 15.9 Å². The van der Waals surface area contributed by atoms with Gasteiger partial charge in [0, 0.05) is 11.9 Å². The first-order chi connectivity index (χ1) is 8.36. The Kier molecular flexibility index (Phi) is 5.13. The molecule has 1 amide bonds. The molecular weight excluding hydrogens is 318 g/mol. The van der Waals surface area contributed by atoms with Crippen LogP contribution in [0, 0.1) is 5.82 Å². The second-order valence-electron chi connectivity index (χ2n) is 3.49. The van der Waals surface area contributed by atoms with Gasteiger partial charge >= 0.3 is 6.18 Å². The van der Waals surface area contributed by atoms with Gasteiger partial charge in [-0.15, -0.1) is 0 Å². The summed E-state index contributed by atoms with van der Waals surface area (Å²) in [6.07, 6.45) is -4.00. The van der Waals surface area contributed by atoms with E-state index in [-0.39, 0.29) is 6.54 Å². The fraction of sp³-hybridized carbons (Fsp3) is 0.364. The standard InChI is InChI=1S/C11H10BrF4NO/c12-4-1-5-17-10(18)8-6-7(11(14,15)16)2-3-9(8)13/h2-3,6H,1,4-5H2,(H,17,18). The second-order valence-corrected chi connectivity index (χ2v) is 4.28. The molecule has 2 nitrogen and oxygen atoms in total. The van der Waals surface area contributed by atoms with Gasteiger partial charge in [-0.3, -0.25) is 4.79 Å². The molecule has 18 heavy (non-hydrogen) atoms. The van der Waals surface area contributed by atoms with Crippen molar-refractivity contribution in [2.45, 2.75) is 12.6 Å². The quantitative estimate of drug-likeness (QED) is 0.513. The van der Waals surface area contributed by atoms with Crippen molar-refractivity contribution in [2.24, 2.45) is 0 Å². The van der Waals surface area contributed by atoms with Crippen LogP contribution < -0.4 is 5.32 Å². The maximum absolute atomic E-state index is 13.3. The number of rotatable bonds is 4. The fourth-order valence-corrected chi connectivity index (χ4v) is 1.52. The van der Waals surface area contributed by atoms with Gasteiger partial charge in [-0.25, -0.2) is 4.39 Å². The summed E-state index contributed by atoms with van der Waals surface area (Å²) in [6.45, 7) is 0.264. The van der Waals surface area contributed by atoms with E-state index in [4.69, 9.17) is 0 Å². The molecule has 0 spiro atoms. The number of benzene rings is 1. The Labute approximate surface area is 109 Å². The zero-order valence-electron chi connectivity index (χ0n) is 9.15. The highest BCUT2D eigenvalue weighted by Gasteiger charge is 2.31. The topological polar surface area (TPSA) is 29.1 Å². The molecule has 0 saturated heterocycles. The summed E-state index contributed by atoms with van der Waals surface area (Å²) in [4.78, 5) is 11.5. The van der Waals surface area contributed by atoms with Crippen LogP contribution in [0.1, 0.15) is 22.3 Å². The zero-order valence-corrected chi connectivity index (χ0v) is 10.7. The van der Waals surface area contributed by atoms with E-state index in [2.05, 4.69) is 21.2 Å². The minimum atomic E-state index is -4.60. The molecular formula is C11H10BrF4NO. The Bertz CT molecular complexity index is 434. The number of alkyl halides is 4. The highest BCUT2D eigenvalue weighted by atomic mass is 79.9. The monoisotopic (exact) mass is 327 g/mol. The molecule has 0 aromatic heterocycles. The molecule has 0 unspecified atom stereocenters. The van der Waals surface area contributed by atoms with E-state index in [9.17, 15) is 22.4 Å². The van der Waals surface area contributed by atoms with Gasteiger partial charge < -0.3 is 5.32 Å². The van der Waals surface area contributed by atoms with Crippen LogP contribution in [-0.2, 0) is 6.18 Å². The minimum Gasteiger partial charge on any atom is -0.352 e. The van der Waals surface area contributed by atoms with Gasteiger partial charge in [0.15, 0.2) is 0 Å². The molecule has 1 aromatic carbocycles. The van der Waals surface area contributed by atoms with E-state index < -0.39 is 29.0 Å². The fourth-order valence-electron chi connectivity index (χ4n) is 1.24. The molecule has 0 aliphatic carbocycles. The Morgan fingerprint density at radius 2 is 2.00 bits per heavy atom. The maximum atomic E-state index is 13.3. The van der Waals surface area contributed by atoms with E-state index in [1.54, 1.807) is 0 Å². The zero-order chi connectivity index (χ0) is 13.8. The second kappa shape index (κ2) is 6.17. The number of hydrogen-bond donors (Lipinski definition) is 1. The Morgan fingerprint density at radius 3 is 2.56 bits per heavy atom. The van der Waals surface area contributed by atoms with E-state index in [0.29, 0.717) is 30.0 Å². The Morgan fingerprint density at radius 1 is 1.33 bits per heavy atom. The molecule has 1 aromatic rings. The summed E-state index contributed by atoms with van der Waals surface area (Å²) in [5.41, 5.74) is -1.64. The van der Waals surface area contributed by atoms with Crippen molar-refractivity contribution in [1.29, 1.82) is 0 Å². The lowest BCUT2D eigenvalue weighted by Crippen LogP contribution is -2.26. The van der Waals surface area contributed by atoms with Crippen molar-refractivity contribution in [1.82, 2.24) is 5.32 Å². The third-order valence-electron chi connectivity index (χ3n) is 2.13. The smallest absolute Gasteiger partial charge is 0.352 e.